The molecule has 0 bridgehead atoms. The fraction of sp³-hybridized carbons (Fsp3) is 0.222. The molecule has 4 rings (SSSR count). The van der Waals surface area contributed by atoms with Crippen molar-refractivity contribution in [2.45, 2.75) is 25.2 Å². The van der Waals surface area contributed by atoms with E-state index in [1.54, 1.807) is 0 Å². The van der Waals surface area contributed by atoms with E-state index in [-0.39, 0.29) is 33.6 Å². The molecule has 1 amide bonds. The first kappa shape index (κ1) is 18.2. The second-order valence-corrected chi connectivity index (χ2v) is 7.50. The van der Waals surface area contributed by atoms with Crippen LogP contribution in [0.4, 0.5) is 25.8 Å². The molecule has 1 fully saturated rings. The number of nitrogens with two attached hydrogens (primary N) is 1. The molecule has 3 aromatic rings. The Morgan fingerprint density at radius 2 is 2.11 bits per heavy atom. The summed E-state index contributed by atoms with van der Waals surface area (Å²) in [6, 6.07) is 6.86. The van der Waals surface area contributed by atoms with Gasteiger partial charge < -0.3 is 11.1 Å². The Kier molecular flexibility index (Phi) is 4.42. The quantitative estimate of drug-likeness (QED) is 0.466. The third-order valence-corrected chi connectivity index (χ3v) is 5.61. The van der Waals surface area contributed by atoms with Crippen molar-refractivity contribution in [3.63, 3.8) is 0 Å². The molecule has 0 radical (unpaired) electrons. The number of benzene rings is 1. The third-order valence-electron chi connectivity index (χ3n) is 4.51. The van der Waals surface area contributed by atoms with Gasteiger partial charge in [0.15, 0.2) is 0 Å². The summed E-state index contributed by atoms with van der Waals surface area (Å²) in [6.07, 6.45) is -0.953. The number of hydrogen-bond donors (Lipinski definition) is 2. The highest BCUT2D eigenvalue weighted by atomic mass is 32.1. The number of nitro benzene ring substituents is 1. The lowest BCUT2D eigenvalue weighted by Gasteiger charge is -2.06. The summed E-state index contributed by atoms with van der Waals surface area (Å²) in [5.41, 5.74) is 6.81. The van der Waals surface area contributed by atoms with Crippen LogP contribution in [0.5, 0.6) is 0 Å². The molecular weight excluding hydrogens is 390 g/mol. The second-order valence-electron chi connectivity index (χ2n) is 6.50. The number of anilines is 2. The molecule has 0 saturated heterocycles. The Balaban J connectivity index is 1.73. The van der Waals surface area contributed by atoms with Crippen LogP contribution in [0.2, 0.25) is 0 Å². The molecule has 0 aliphatic heterocycles. The van der Waals surface area contributed by atoms with Crippen LogP contribution in [0.15, 0.2) is 30.3 Å². The summed E-state index contributed by atoms with van der Waals surface area (Å²) < 4.78 is 26.4. The Morgan fingerprint density at radius 1 is 1.36 bits per heavy atom. The molecule has 1 aliphatic carbocycles. The van der Waals surface area contributed by atoms with Gasteiger partial charge in [0.2, 0.25) is 0 Å². The first-order chi connectivity index (χ1) is 13.3. The predicted molar refractivity (Wildman–Crippen MR) is 102 cm³/mol. The summed E-state index contributed by atoms with van der Waals surface area (Å²) in [4.78, 5) is 27.4. The fourth-order valence-corrected chi connectivity index (χ4v) is 4.08. The lowest BCUT2D eigenvalue weighted by atomic mass is 10.1. The van der Waals surface area contributed by atoms with Crippen LogP contribution in [-0.4, -0.2) is 15.8 Å². The SMILES string of the molecule is Nc1c(C(=O)Nc2cccc([N+](=O)[O-])c2)sc2nc(C(F)F)cc(C3CC3)c12. The smallest absolute Gasteiger partial charge is 0.280 e. The number of nitrogen functional groups attached to an aromatic ring is 1. The van der Waals surface area contributed by atoms with Crippen molar-refractivity contribution in [1.82, 2.24) is 4.98 Å². The van der Waals surface area contributed by atoms with Crippen molar-refractivity contribution in [2.75, 3.05) is 11.1 Å². The number of carbonyl (C=O) groups is 1. The van der Waals surface area contributed by atoms with E-state index in [0.29, 0.717) is 15.8 Å². The maximum atomic E-state index is 13.2. The van der Waals surface area contributed by atoms with Crippen LogP contribution in [0.1, 0.15) is 46.1 Å². The number of nitro groups is 1. The first-order valence-corrected chi connectivity index (χ1v) is 9.23. The van der Waals surface area contributed by atoms with Gasteiger partial charge >= 0.3 is 0 Å². The van der Waals surface area contributed by atoms with Crippen LogP contribution >= 0.6 is 11.3 Å². The number of nitrogens with one attached hydrogen (secondary N) is 1. The molecule has 10 heteroatoms. The molecule has 1 aromatic carbocycles. The molecular formula is C18H14F2N4O3S. The van der Waals surface area contributed by atoms with Gasteiger partial charge in [0.1, 0.15) is 15.4 Å². The van der Waals surface area contributed by atoms with E-state index in [1.807, 2.05) is 0 Å². The molecule has 7 nitrogen and oxygen atoms in total. The molecule has 2 heterocycles. The molecule has 0 spiro atoms. The van der Waals surface area contributed by atoms with Gasteiger partial charge in [0.05, 0.1) is 10.6 Å². The van der Waals surface area contributed by atoms with Gasteiger partial charge in [-0.2, -0.15) is 0 Å². The zero-order valence-electron chi connectivity index (χ0n) is 14.3. The third kappa shape index (κ3) is 3.26. The van der Waals surface area contributed by atoms with E-state index in [4.69, 9.17) is 5.73 Å². The number of non-ortho nitro benzene ring substituents is 1. The Hall–Kier alpha value is -3.14. The van der Waals surface area contributed by atoms with Gasteiger partial charge in [-0.15, -0.1) is 11.3 Å². The summed E-state index contributed by atoms with van der Waals surface area (Å²) >= 11 is 0.937. The highest BCUT2D eigenvalue weighted by Gasteiger charge is 2.31. The predicted octanol–water partition coefficient (Wildman–Crippen LogP) is 4.85. The Bertz CT molecular complexity index is 1110. The average molecular weight is 404 g/mol. The average Bonchev–Trinajstić information content (AvgIpc) is 3.45. The van der Waals surface area contributed by atoms with Crippen LogP contribution in [0, 0.1) is 10.1 Å². The van der Waals surface area contributed by atoms with Gasteiger partial charge in [-0.3, -0.25) is 14.9 Å². The molecule has 0 unspecified atom stereocenters. The van der Waals surface area contributed by atoms with Crippen molar-refractivity contribution in [1.29, 1.82) is 0 Å². The van der Waals surface area contributed by atoms with Crippen molar-refractivity contribution in [2.24, 2.45) is 0 Å². The standard InChI is InChI=1S/C18H14F2N4O3S/c19-16(20)12-7-11(8-4-5-8)13-14(21)15(28-18(13)23-12)17(25)22-9-2-1-3-10(6-9)24(26)27/h1-3,6-8,16H,4-5,21H2,(H,22,25). The van der Waals surface area contributed by atoms with E-state index in [1.165, 1.54) is 30.3 Å². The van der Waals surface area contributed by atoms with Gasteiger partial charge in [-0.1, -0.05) is 6.07 Å². The van der Waals surface area contributed by atoms with Gasteiger partial charge in [-0.25, -0.2) is 13.8 Å². The summed E-state index contributed by atoms with van der Waals surface area (Å²) in [7, 11) is 0. The number of hydrogen-bond acceptors (Lipinski definition) is 6. The number of nitrogens with zero attached hydrogens (tertiary/aromatic N) is 2. The van der Waals surface area contributed by atoms with Gasteiger partial charge in [0, 0.05) is 23.2 Å². The minimum atomic E-state index is -2.72. The zero-order chi connectivity index (χ0) is 20.0. The lowest BCUT2D eigenvalue weighted by molar-refractivity contribution is -0.384. The molecule has 2 aromatic heterocycles. The highest BCUT2D eigenvalue weighted by molar-refractivity contribution is 7.21. The van der Waals surface area contributed by atoms with Crippen LogP contribution < -0.4 is 11.1 Å². The van der Waals surface area contributed by atoms with E-state index in [2.05, 4.69) is 10.3 Å². The normalized spacial score (nSPS) is 13.8. The second kappa shape index (κ2) is 6.79. The van der Waals surface area contributed by atoms with Gasteiger partial charge in [0.25, 0.3) is 18.0 Å². The monoisotopic (exact) mass is 404 g/mol. The first-order valence-electron chi connectivity index (χ1n) is 8.42. The van der Waals surface area contributed by atoms with Crippen molar-refractivity contribution >= 4 is 44.5 Å². The van der Waals surface area contributed by atoms with Crippen molar-refractivity contribution in [3.05, 3.63) is 56.6 Å². The number of thiophene rings is 1. The number of pyridine rings is 1. The number of alkyl halides is 2. The van der Waals surface area contributed by atoms with Crippen LogP contribution in [-0.2, 0) is 0 Å². The zero-order valence-corrected chi connectivity index (χ0v) is 15.1. The lowest BCUT2D eigenvalue weighted by Crippen LogP contribution is -2.12. The molecule has 28 heavy (non-hydrogen) atoms. The summed E-state index contributed by atoms with van der Waals surface area (Å²) in [5, 5.41) is 14.0. The minimum Gasteiger partial charge on any atom is -0.397 e. The summed E-state index contributed by atoms with van der Waals surface area (Å²) in [6.45, 7) is 0. The minimum absolute atomic E-state index is 0.141. The number of aromatic nitrogens is 1. The van der Waals surface area contributed by atoms with E-state index < -0.39 is 17.3 Å². The van der Waals surface area contributed by atoms with Crippen molar-refractivity contribution < 1.29 is 18.5 Å². The fourth-order valence-electron chi connectivity index (χ4n) is 3.05. The highest BCUT2D eigenvalue weighted by Crippen LogP contribution is 2.47. The maximum Gasteiger partial charge on any atom is 0.280 e. The Labute approximate surface area is 161 Å². The van der Waals surface area contributed by atoms with Crippen LogP contribution in [0.25, 0.3) is 10.2 Å². The molecule has 1 saturated carbocycles. The number of rotatable bonds is 5. The van der Waals surface area contributed by atoms with E-state index in [9.17, 15) is 23.7 Å². The van der Waals surface area contributed by atoms with Crippen LogP contribution in [0.3, 0.4) is 0 Å². The van der Waals surface area contributed by atoms with E-state index >= 15 is 0 Å². The topological polar surface area (TPSA) is 111 Å². The van der Waals surface area contributed by atoms with Gasteiger partial charge in [-0.05, 0) is 36.5 Å². The molecule has 3 N–H and O–H groups in total. The van der Waals surface area contributed by atoms with E-state index in [0.717, 1.165) is 24.2 Å². The maximum absolute atomic E-state index is 13.2. The van der Waals surface area contributed by atoms with Crippen molar-refractivity contribution in [3.8, 4) is 0 Å². The summed E-state index contributed by atoms with van der Waals surface area (Å²) in [5.74, 6) is -0.422. The number of amides is 1. The molecule has 1 aliphatic rings. The molecule has 0 atom stereocenters. The largest absolute Gasteiger partial charge is 0.397 e. The number of fused-ring (bicyclic) bond motifs is 1. The Morgan fingerprint density at radius 3 is 2.75 bits per heavy atom. The number of halogens is 2. The number of carbonyl (C=O) groups excluding carboxylic acids is 1. The molecule has 144 valence electrons.